The second kappa shape index (κ2) is 5.50. The first-order chi connectivity index (χ1) is 8.49. The summed E-state index contributed by atoms with van der Waals surface area (Å²) in [6.07, 6.45) is 0.573. The normalized spacial score (nSPS) is 20.4. The van der Waals surface area contributed by atoms with Gasteiger partial charge < -0.3 is 9.39 Å². The summed E-state index contributed by atoms with van der Waals surface area (Å²) in [6.45, 7) is 3.89. The van der Waals surface area contributed by atoms with E-state index in [1.54, 1.807) is 0 Å². The van der Waals surface area contributed by atoms with Crippen molar-refractivity contribution in [3.63, 3.8) is 0 Å². The molecule has 6 heteroatoms. The van der Waals surface area contributed by atoms with Crippen LogP contribution in [-0.4, -0.2) is 14.5 Å². The van der Waals surface area contributed by atoms with Gasteiger partial charge in [-0.1, -0.05) is 27.2 Å². The summed E-state index contributed by atoms with van der Waals surface area (Å²) in [6, 6.07) is 3.75. The lowest BCUT2D eigenvalue weighted by Crippen LogP contribution is -2.07. The standard InChI is InChI=1S/C12H14BrNO3S/c1-7-5-11(17-14-7)12-8(2)10(13)4-3-9(12)6-18(15)16/h3-4,11H,5-6H2,1-2H3,(H,15,16). The Bertz CT molecular complexity index is 530. The summed E-state index contributed by atoms with van der Waals surface area (Å²) in [4.78, 5) is 5.40. The molecule has 2 atom stereocenters. The zero-order valence-corrected chi connectivity index (χ0v) is 12.5. The smallest absolute Gasteiger partial charge is 0.158 e. The van der Waals surface area contributed by atoms with Crippen LogP contribution < -0.4 is 0 Å². The largest absolute Gasteiger partial charge is 0.387 e. The van der Waals surface area contributed by atoms with Crippen LogP contribution in [0.1, 0.15) is 36.1 Å². The first kappa shape index (κ1) is 13.7. The van der Waals surface area contributed by atoms with Crippen molar-refractivity contribution in [1.29, 1.82) is 0 Å². The van der Waals surface area contributed by atoms with Gasteiger partial charge in [-0.15, -0.1) is 0 Å². The predicted octanol–water partition coefficient (Wildman–Crippen LogP) is 3.32. The molecule has 0 saturated carbocycles. The van der Waals surface area contributed by atoms with Gasteiger partial charge in [0.15, 0.2) is 17.2 Å². The maximum absolute atomic E-state index is 11.0. The van der Waals surface area contributed by atoms with Crippen molar-refractivity contribution in [2.45, 2.75) is 32.1 Å². The van der Waals surface area contributed by atoms with Crippen LogP contribution in [0.3, 0.4) is 0 Å². The molecular weight excluding hydrogens is 318 g/mol. The van der Waals surface area contributed by atoms with Crippen molar-refractivity contribution in [2.75, 3.05) is 0 Å². The van der Waals surface area contributed by atoms with Crippen molar-refractivity contribution in [2.24, 2.45) is 5.16 Å². The van der Waals surface area contributed by atoms with Crippen LogP contribution >= 0.6 is 15.9 Å². The van der Waals surface area contributed by atoms with E-state index >= 15 is 0 Å². The third kappa shape index (κ3) is 2.81. The van der Waals surface area contributed by atoms with Gasteiger partial charge in [0.25, 0.3) is 0 Å². The van der Waals surface area contributed by atoms with Crippen molar-refractivity contribution >= 4 is 32.7 Å². The quantitative estimate of drug-likeness (QED) is 0.864. The number of rotatable bonds is 3. The van der Waals surface area contributed by atoms with E-state index in [2.05, 4.69) is 21.1 Å². The van der Waals surface area contributed by atoms with Crippen molar-refractivity contribution in [3.8, 4) is 0 Å². The predicted molar refractivity (Wildman–Crippen MR) is 74.9 cm³/mol. The van der Waals surface area contributed by atoms with Gasteiger partial charge in [-0.2, -0.15) is 0 Å². The molecule has 1 aliphatic rings. The molecule has 0 saturated heterocycles. The minimum atomic E-state index is -1.86. The van der Waals surface area contributed by atoms with Crippen molar-refractivity contribution < 1.29 is 13.6 Å². The van der Waals surface area contributed by atoms with Gasteiger partial charge in [0.1, 0.15) is 0 Å². The van der Waals surface area contributed by atoms with Gasteiger partial charge in [-0.25, -0.2) is 4.21 Å². The molecule has 1 aromatic rings. The summed E-state index contributed by atoms with van der Waals surface area (Å²) in [5, 5.41) is 3.95. The monoisotopic (exact) mass is 331 g/mol. The van der Waals surface area contributed by atoms with Gasteiger partial charge >= 0.3 is 0 Å². The first-order valence-electron chi connectivity index (χ1n) is 5.53. The SMILES string of the molecule is CC1=NOC(c2c(CS(=O)O)ccc(Br)c2C)C1. The van der Waals surface area contributed by atoms with Crippen LogP contribution in [0.4, 0.5) is 0 Å². The van der Waals surface area contributed by atoms with Gasteiger partial charge in [0, 0.05) is 16.5 Å². The fourth-order valence-corrected chi connectivity index (χ4v) is 2.98. The molecule has 1 aliphatic heterocycles. The second-order valence-corrected chi connectivity index (χ2v) is 6.12. The van der Waals surface area contributed by atoms with E-state index in [1.807, 2.05) is 26.0 Å². The van der Waals surface area contributed by atoms with Gasteiger partial charge in [0.05, 0.1) is 11.5 Å². The molecule has 0 radical (unpaired) electrons. The van der Waals surface area contributed by atoms with E-state index in [0.717, 1.165) is 33.3 Å². The molecule has 2 rings (SSSR count). The zero-order valence-electron chi connectivity index (χ0n) is 10.1. The molecule has 2 unspecified atom stereocenters. The highest BCUT2D eigenvalue weighted by Gasteiger charge is 2.26. The molecule has 1 heterocycles. The summed E-state index contributed by atoms with van der Waals surface area (Å²) >= 11 is 1.62. The number of hydrogen-bond donors (Lipinski definition) is 1. The molecule has 98 valence electrons. The summed E-state index contributed by atoms with van der Waals surface area (Å²) < 4.78 is 21.1. The van der Waals surface area contributed by atoms with E-state index < -0.39 is 11.1 Å². The maximum Gasteiger partial charge on any atom is 0.158 e. The molecule has 0 bridgehead atoms. The van der Waals surface area contributed by atoms with Crippen LogP contribution in [0.15, 0.2) is 21.8 Å². The van der Waals surface area contributed by atoms with Crippen LogP contribution in [0.5, 0.6) is 0 Å². The summed E-state index contributed by atoms with van der Waals surface area (Å²) in [5.74, 6) is 0.113. The zero-order chi connectivity index (χ0) is 13.3. The second-order valence-electron chi connectivity index (χ2n) is 4.34. The number of benzene rings is 1. The number of hydrogen-bond acceptors (Lipinski definition) is 3. The molecule has 0 spiro atoms. The fourth-order valence-electron chi connectivity index (χ4n) is 2.12. The van der Waals surface area contributed by atoms with Gasteiger partial charge in [0.2, 0.25) is 0 Å². The fraction of sp³-hybridized carbons (Fsp3) is 0.417. The van der Waals surface area contributed by atoms with E-state index in [1.165, 1.54) is 0 Å². The number of oxime groups is 1. The van der Waals surface area contributed by atoms with Gasteiger partial charge in [-0.3, -0.25) is 0 Å². The Morgan fingerprint density at radius 1 is 1.56 bits per heavy atom. The first-order valence-corrected chi connectivity index (χ1v) is 7.60. The minimum absolute atomic E-state index is 0.113. The molecule has 0 amide bonds. The van der Waals surface area contributed by atoms with Crippen molar-refractivity contribution in [3.05, 3.63) is 33.3 Å². The van der Waals surface area contributed by atoms with E-state index in [-0.39, 0.29) is 11.9 Å². The third-order valence-electron chi connectivity index (χ3n) is 2.96. The summed E-state index contributed by atoms with van der Waals surface area (Å²) in [7, 11) is 0. The van der Waals surface area contributed by atoms with E-state index in [0.29, 0.717) is 0 Å². The highest BCUT2D eigenvalue weighted by Crippen LogP contribution is 2.35. The van der Waals surface area contributed by atoms with Gasteiger partial charge in [-0.05, 0) is 31.0 Å². The van der Waals surface area contributed by atoms with Crippen LogP contribution in [0.2, 0.25) is 0 Å². The Morgan fingerprint density at radius 3 is 2.83 bits per heavy atom. The Morgan fingerprint density at radius 2 is 2.28 bits per heavy atom. The highest BCUT2D eigenvalue weighted by molar-refractivity contribution is 9.10. The Hall–Kier alpha value is -0.720. The van der Waals surface area contributed by atoms with E-state index in [9.17, 15) is 4.21 Å². The number of nitrogens with zero attached hydrogens (tertiary/aromatic N) is 1. The maximum atomic E-state index is 11.0. The molecule has 0 aliphatic carbocycles. The molecule has 4 nitrogen and oxygen atoms in total. The lowest BCUT2D eigenvalue weighted by molar-refractivity contribution is 0.0847. The minimum Gasteiger partial charge on any atom is -0.387 e. The van der Waals surface area contributed by atoms with Crippen LogP contribution in [0, 0.1) is 6.92 Å². The molecular formula is C12H14BrNO3S. The molecule has 0 fully saturated rings. The lowest BCUT2D eigenvalue weighted by Gasteiger charge is -2.17. The van der Waals surface area contributed by atoms with Crippen LogP contribution in [-0.2, 0) is 21.7 Å². The Kier molecular flexibility index (Phi) is 4.19. The highest BCUT2D eigenvalue weighted by atomic mass is 79.9. The average Bonchev–Trinajstić information content (AvgIpc) is 2.70. The summed E-state index contributed by atoms with van der Waals surface area (Å²) in [5.41, 5.74) is 3.78. The topological polar surface area (TPSA) is 58.9 Å². The molecule has 1 aromatic carbocycles. The average molecular weight is 332 g/mol. The molecule has 18 heavy (non-hydrogen) atoms. The Balaban J connectivity index is 2.42. The molecule has 0 aromatic heterocycles. The third-order valence-corrected chi connectivity index (χ3v) is 4.37. The van der Waals surface area contributed by atoms with Crippen molar-refractivity contribution in [1.82, 2.24) is 0 Å². The van der Waals surface area contributed by atoms with Crippen LogP contribution in [0.25, 0.3) is 0 Å². The molecule has 1 N–H and O–H groups in total. The Labute approximate surface area is 117 Å². The number of halogens is 1. The lowest BCUT2D eigenvalue weighted by atomic mass is 9.95. The van der Waals surface area contributed by atoms with E-state index in [4.69, 9.17) is 9.39 Å².